The van der Waals surface area contributed by atoms with E-state index in [1.165, 1.54) is 5.56 Å². The summed E-state index contributed by atoms with van der Waals surface area (Å²) in [6, 6.07) is 10.4. The molecule has 0 aliphatic rings. The molecule has 0 saturated carbocycles. The Balaban J connectivity index is 0.00000338. The molecule has 6 nitrogen and oxygen atoms in total. The molecule has 0 fully saturated rings. The first-order valence-corrected chi connectivity index (χ1v) is 8.79. The summed E-state index contributed by atoms with van der Waals surface area (Å²) in [5, 5.41) is 21.3. The lowest BCUT2D eigenvalue weighted by molar-refractivity contribution is 0.0672. The molecule has 7 heteroatoms. The van der Waals surface area contributed by atoms with Crippen LogP contribution in [0.2, 0.25) is 0 Å². The predicted octanol–water partition coefficient (Wildman–Crippen LogP) is 2.43. The lowest BCUT2D eigenvalue weighted by Crippen LogP contribution is -2.39. The molecule has 1 aromatic heterocycles. The van der Waals surface area contributed by atoms with Gasteiger partial charge in [0.05, 0.1) is 12.7 Å². The first-order valence-electron chi connectivity index (χ1n) is 8.79. The van der Waals surface area contributed by atoms with E-state index >= 15 is 0 Å². The van der Waals surface area contributed by atoms with Gasteiger partial charge in [0, 0.05) is 31.9 Å². The van der Waals surface area contributed by atoms with Crippen LogP contribution in [0.25, 0.3) is 0 Å². The van der Waals surface area contributed by atoms with E-state index in [1.54, 1.807) is 17.8 Å². The van der Waals surface area contributed by atoms with Gasteiger partial charge in [0.1, 0.15) is 5.60 Å². The number of aromatic nitrogens is 2. The van der Waals surface area contributed by atoms with Crippen molar-refractivity contribution in [3.8, 4) is 0 Å². The number of rotatable bonds is 8. The van der Waals surface area contributed by atoms with Crippen LogP contribution in [-0.2, 0) is 19.1 Å². The Morgan fingerprint density at radius 3 is 2.62 bits per heavy atom. The molecule has 0 aliphatic heterocycles. The highest BCUT2D eigenvalue weighted by atomic mass is 127. The standard InChI is InChI=1S/C19H29N5O.HI/c1-4-20-18(21-12-8-11-16-9-6-5-7-10-16)22-15-19(2,25)17-13-23-24(3)14-17;/h5-7,9-10,13-14,25H,4,8,11-12,15H2,1-3H3,(H2,20,21,22);1H. The van der Waals surface area contributed by atoms with Crippen molar-refractivity contribution in [3.05, 3.63) is 53.9 Å². The third-order valence-electron chi connectivity index (χ3n) is 3.99. The average molecular weight is 471 g/mol. The van der Waals surface area contributed by atoms with Crippen LogP contribution in [0.3, 0.4) is 0 Å². The zero-order chi connectivity index (χ0) is 18.1. The Labute approximate surface area is 173 Å². The third-order valence-corrected chi connectivity index (χ3v) is 3.99. The molecule has 26 heavy (non-hydrogen) atoms. The highest BCUT2D eigenvalue weighted by molar-refractivity contribution is 14.0. The maximum atomic E-state index is 10.6. The van der Waals surface area contributed by atoms with E-state index in [1.807, 2.05) is 26.2 Å². The van der Waals surface area contributed by atoms with Gasteiger partial charge in [-0.05, 0) is 32.3 Å². The number of aliphatic hydroxyl groups is 1. The highest BCUT2D eigenvalue weighted by Gasteiger charge is 2.24. The number of hydrogen-bond acceptors (Lipinski definition) is 3. The predicted molar refractivity (Wildman–Crippen MR) is 117 cm³/mol. The first-order chi connectivity index (χ1) is 12.0. The van der Waals surface area contributed by atoms with E-state index in [2.05, 4.69) is 45.0 Å². The third kappa shape index (κ3) is 7.33. The molecular weight excluding hydrogens is 441 g/mol. The second-order valence-electron chi connectivity index (χ2n) is 6.39. The van der Waals surface area contributed by atoms with Gasteiger partial charge in [-0.1, -0.05) is 30.3 Å². The van der Waals surface area contributed by atoms with Gasteiger partial charge in [0.2, 0.25) is 0 Å². The van der Waals surface area contributed by atoms with E-state index in [-0.39, 0.29) is 30.5 Å². The lowest BCUT2D eigenvalue weighted by Gasteiger charge is -2.20. The summed E-state index contributed by atoms with van der Waals surface area (Å²) < 4.78 is 1.68. The zero-order valence-electron chi connectivity index (χ0n) is 15.8. The van der Waals surface area contributed by atoms with Crippen LogP contribution in [0.5, 0.6) is 0 Å². The summed E-state index contributed by atoms with van der Waals surface area (Å²) >= 11 is 0. The van der Waals surface area contributed by atoms with Gasteiger partial charge in [-0.2, -0.15) is 5.10 Å². The van der Waals surface area contributed by atoms with Crippen LogP contribution in [-0.4, -0.2) is 40.5 Å². The number of benzene rings is 1. The van der Waals surface area contributed by atoms with Gasteiger partial charge >= 0.3 is 0 Å². The summed E-state index contributed by atoms with van der Waals surface area (Å²) in [5.41, 5.74) is 1.06. The minimum absolute atomic E-state index is 0. The van der Waals surface area contributed by atoms with Crippen LogP contribution in [0.15, 0.2) is 47.7 Å². The number of aliphatic imine (C=N–C) groups is 1. The van der Waals surface area contributed by atoms with Crippen LogP contribution in [0, 0.1) is 0 Å². The molecule has 0 aliphatic carbocycles. The highest BCUT2D eigenvalue weighted by Crippen LogP contribution is 2.19. The van der Waals surface area contributed by atoms with E-state index < -0.39 is 5.60 Å². The molecule has 1 aromatic carbocycles. The topological polar surface area (TPSA) is 74.5 Å². The fourth-order valence-corrected chi connectivity index (χ4v) is 2.51. The number of hydrogen-bond donors (Lipinski definition) is 3. The van der Waals surface area contributed by atoms with E-state index in [0.717, 1.165) is 37.5 Å². The first kappa shape index (κ1) is 22.4. The summed E-state index contributed by atoms with van der Waals surface area (Å²) in [7, 11) is 1.83. The van der Waals surface area contributed by atoms with Crippen molar-refractivity contribution in [3.63, 3.8) is 0 Å². The summed E-state index contributed by atoms with van der Waals surface area (Å²) in [6.45, 7) is 5.66. The maximum absolute atomic E-state index is 10.6. The quantitative estimate of drug-likeness (QED) is 0.239. The van der Waals surface area contributed by atoms with E-state index in [9.17, 15) is 5.11 Å². The molecule has 0 radical (unpaired) electrons. The Morgan fingerprint density at radius 2 is 2.00 bits per heavy atom. The smallest absolute Gasteiger partial charge is 0.191 e. The van der Waals surface area contributed by atoms with Crippen LogP contribution in [0.1, 0.15) is 31.4 Å². The van der Waals surface area contributed by atoms with Gasteiger partial charge < -0.3 is 15.7 Å². The van der Waals surface area contributed by atoms with Crippen molar-refractivity contribution in [2.24, 2.45) is 12.0 Å². The number of halogens is 1. The van der Waals surface area contributed by atoms with E-state index in [0.29, 0.717) is 0 Å². The largest absolute Gasteiger partial charge is 0.383 e. The van der Waals surface area contributed by atoms with Gasteiger partial charge in [-0.15, -0.1) is 24.0 Å². The lowest BCUT2D eigenvalue weighted by atomic mass is 10.0. The summed E-state index contributed by atoms with van der Waals surface area (Å²) in [4.78, 5) is 4.52. The number of guanidine groups is 1. The van der Waals surface area contributed by atoms with Gasteiger partial charge in [0.25, 0.3) is 0 Å². The van der Waals surface area contributed by atoms with Crippen molar-refractivity contribution in [2.45, 2.75) is 32.3 Å². The van der Waals surface area contributed by atoms with Crippen molar-refractivity contribution in [1.29, 1.82) is 0 Å². The normalized spacial score (nSPS) is 13.6. The molecule has 0 bridgehead atoms. The molecule has 3 N–H and O–H groups in total. The second kappa shape index (κ2) is 11.2. The maximum Gasteiger partial charge on any atom is 0.191 e. The summed E-state index contributed by atoms with van der Waals surface area (Å²) in [6.07, 6.45) is 5.54. The Hall–Kier alpha value is -1.61. The fourth-order valence-electron chi connectivity index (χ4n) is 2.51. The molecule has 1 atom stereocenters. The van der Waals surface area contributed by atoms with Crippen LogP contribution >= 0.6 is 24.0 Å². The van der Waals surface area contributed by atoms with Crippen molar-refractivity contribution in [2.75, 3.05) is 19.6 Å². The molecule has 0 spiro atoms. The molecule has 2 rings (SSSR count). The molecule has 2 aromatic rings. The Morgan fingerprint density at radius 1 is 1.27 bits per heavy atom. The minimum Gasteiger partial charge on any atom is -0.383 e. The number of nitrogens with zero attached hydrogens (tertiary/aromatic N) is 3. The monoisotopic (exact) mass is 471 g/mol. The van der Waals surface area contributed by atoms with Crippen LogP contribution in [0.4, 0.5) is 0 Å². The van der Waals surface area contributed by atoms with Crippen LogP contribution < -0.4 is 10.6 Å². The van der Waals surface area contributed by atoms with Gasteiger partial charge in [-0.3, -0.25) is 4.68 Å². The number of nitrogens with one attached hydrogen (secondary N) is 2. The van der Waals surface area contributed by atoms with Gasteiger partial charge in [0.15, 0.2) is 5.96 Å². The fraction of sp³-hybridized carbons (Fsp3) is 0.474. The van der Waals surface area contributed by atoms with Crippen molar-refractivity contribution >= 4 is 29.9 Å². The molecule has 0 amide bonds. The SMILES string of the molecule is CCNC(=NCC(C)(O)c1cnn(C)c1)NCCCc1ccccc1.I. The van der Waals surface area contributed by atoms with Gasteiger partial charge in [-0.25, -0.2) is 4.99 Å². The second-order valence-corrected chi connectivity index (χ2v) is 6.39. The average Bonchev–Trinajstić information content (AvgIpc) is 3.05. The Bertz CT molecular complexity index is 670. The van der Waals surface area contributed by atoms with Crippen molar-refractivity contribution in [1.82, 2.24) is 20.4 Å². The molecule has 0 saturated heterocycles. The molecule has 1 heterocycles. The molecule has 1 unspecified atom stereocenters. The number of aryl methyl sites for hydroxylation is 2. The Kier molecular flexibility index (Phi) is 9.64. The minimum atomic E-state index is -1.04. The summed E-state index contributed by atoms with van der Waals surface area (Å²) in [5.74, 6) is 0.722. The molecular formula is C19H30IN5O. The molecule has 144 valence electrons. The van der Waals surface area contributed by atoms with Crippen molar-refractivity contribution < 1.29 is 5.11 Å². The zero-order valence-corrected chi connectivity index (χ0v) is 18.1. The van der Waals surface area contributed by atoms with E-state index in [4.69, 9.17) is 0 Å².